The number of ether oxygens (including phenoxy) is 2. The summed E-state index contributed by atoms with van der Waals surface area (Å²) >= 11 is 1.35. The molecule has 0 atom stereocenters. The Morgan fingerprint density at radius 1 is 1.11 bits per heavy atom. The number of hydrogen-bond donors (Lipinski definition) is 1. The van der Waals surface area contributed by atoms with Gasteiger partial charge < -0.3 is 14.0 Å². The standard InChI is InChI=1S/C27H27N5O3S/c1-16(2)26-30-32-24(28)22(25(33)29-27(32)36-26)15-21-17(3)31(23-8-6-5-7-20(21)23)13-14-35-19-11-9-18(34-4)10-12-19/h5-12,15-16,28H,13-14H2,1-4H3/b22-15+,28-24?. The number of benzene rings is 2. The van der Waals surface area contributed by atoms with Gasteiger partial charge in [-0.1, -0.05) is 32.0 Å². The number of aliphatic imine (C=N–C) groups is 1. The second kappa shape index (κ2) is 9.66. The number of nitrogens with one attached hydrogen (secondary N) is 1. The molecule has 184 valence electrons. The zero-order valence-electron chi connectivity index (χ0n) is 20.6. The fourth-order valence-corrected chi connectivity index (χ4v) is 5.13. The van der Waals surface area contributed by atoms with Crippen LogP contribution in [0.2, 0.25) is 0 Å². The maximum absolute atomic E-state index is 12.9. The monoisotopic (exact) mass is 501 g/mol. The van der Waals surface area contributed by atoms with Crippen molar-refractivity contribution in [3.63, 3.8) is 0 Å². The van der Waals surface area contributed by atoms with Crippen LogP contribution in [-0.4, -0.2) is 45.2 Å². The predicted octanol–water partition coefficient (Wildman–Crippen LogP) is 5.31. The van der Waals surface area contributed by atoms with E-state index in [1.54, 1.807) is 13.2 Å². The molecule has 0 unspecified atom stereocenters. The molecule has 9 heteroatoms. The molecule has 3 heterocycles. The van der Waals surface area contributed by atoms with Crippen molar-refractivity contribution in [1.82, 2.24) is 9.58 Å². The number of methoxy groups -OCH3 is 1. The first kappa shape index (κ1) is 23.9. The van der Waals surface area contributed by atoms with Crippen molar-refractivity contribution < 1.29 is 14.3 Å². The average molecular weight is 502 g/mol. The van der Waals surface area contributed by atoms with Gasteiger partial charge in [-0.25, -0.2) is 0 Å². The molecule has 1 aromatic heterocycles. The first-order chi connectivity index (χ1) is 17.4. The van der Waals surface area contributed by atoms with Crippen molar-refractivity contribution in [2.24, 2.45) is 16.0 Å². The molecule has 0 bridgehead atoms. The zero-order valence-corrected chi connectivity index (χ0v) is 21.4. The molecule has 2 aromatic carbocycles. The Hall–Kier alpha value is -3.85. The summed E-state index contributed by atoms with van der Waals surface area (Å²) in [5.74, 6) is 1.38. The lowest BCUT2D eigenvalue weighted by molar-refractivity contribution is -0.114. The average Bonchev–Trinajstić information content (AvgIpc) is 3.42. The molecule has 1 amide bonds. The van der Waals surface area contributed by atoms with Crippen molar-refractivity contribution in [2.75, 3.05) is 13.7 Å². The third kappa shape index (κ3) is 4.30. The van der Waals surface area contributed by atoms with Gasteiger partial charge in [0.15, 0.2) is 5.84 Å². The molecule has 2 aliphatic rings. The molecular formula is C27H27N5O3S. The Morgan fingerprint density at radius 3 is 2.56 bits per heavy atom. The number of rotatable bonds is 7. The van der Waals surface area contributed by atoms with Gasteiger partial charge in [-0.3, -0.25) is 10.2 Å². The van der Waals surface area contributed by atoms with Gasteiger partial charge in [-0.2, -0.15) is 15.1 Å². The Labute approximate surface area is 213 Å². The highest BCUT2D eigenvalue weighted by atomic mass is 32.2. The van der Waals surface area contributed by atoms with Crippen molar-refractivity contribution in [1.29, 1.82) is 5.41 Å². The van der Waals surface area contributed by atoms with Crippen LogP contribution in [0.3, 0.4) is 0 Å². The number of para-hydroxylation sites is 1. The SMILES string of the molecule is COc1ccc(OCCn2c(C)c(/C=C3\C(=N)N4N=C(C(C)C)SC4=NC3=O)c3ccccc32)cc1. The molecule has 2 aliphatic heterocycles. The molecule has 36 heavy (non-hydrogen) atoms. The lowest BCUT2D eigenvalue weighted by atomic mass is 10.1. The van der Waals surface area contributed by atoms with Gasteiger partial charge in [0, 0.05) is 28.1 Å². The zero-order chi connectivity index (χ0) is 25.4. The highest BCUT2D eigenvalue weighted by Crippen LogP contribution is 2.33. The summed E-state index contributed by atoms with van der Waals surface area (Å²) < 4.78 is 13.3. The van der Waals surface area contributed by atoms with Gasteiger partial charge in [0.05, 0.1) is 19.2 Å². The first-order valence-electron chi connectivity index (χ1n) is 11.7. The Balaban J connectivity index is 1.45. The first-order valence-corrected chi connectivity index (χ1v) is 12.5. The topological polar surface area (TPSA) is 92.3 Å². The molecule has 0 aliphatic carbocycles. The maximum Gasteiger partial charge on any atom is 0.283 e. The van der Waals surface area contributed by atoms with Crippen LogP contribution in [0.25, 0.3) is 17.0 Å². The minimum atomic E-state index is -0.418. The van der Waals surface area contributed by atoms with Crippen LogP contribution in [0, 0.1) is 18.3 Å². The summed E-state index contributed by atoms with van der Waals surface area (Å²) in [6.45, 7) is 7.18. The number of hydrazone groups is 1. The number of aromatic nitrogens is 1. The fraction of sp³-hybridized carbons (Fsp3) is 0.259. The molecule has 0 fully saturated rings. The number of amides is 1. The van der Waals surface area contributed by atoms with Crippen LogP contribution in [0.5, 0.6) is 11.5 Å². The van der Waals surface area contributed by atoms with Crippen molar-refractivity contribution >= 4 is 50.7 Å². The van der Waals surface area contributed by atoms with Crippen LogP contribution in [-0.2, 0) is 11.3 Å². The van der Waals surface area contributed by atoms with Crippen molar-refractivity contribution in [3.05, 3.63) is 65.4 Å². The quantitative estimate of drug-likeness (QED) is 0.443. The molecule has 0 radical (unpaired) electrons. The normalized spacial score (nSPS) is 16.6. The minimum Gasteiger partial charge on any atom is -0.497 e. The second-order valence-electron chi connectivity index (χ2n) is 8.80. The van der Waals surface area contributed by atoms with E-state index < -0.39 is 5.91 Å². The molecule has 0 saturated heterocycles. The molecule has 8 nitrogen and oxygen atoms in total. The van der Waals surface area contributed by atoms with Gasteiger partial charge in [-0.05, 0) is 55.1 Å². The van der Waals surface area contributed by atoms with Crippen LogP contribution in [0.15, 0.2) is 64.2 Å². The number of fused-ring (bicyclic) bond motifs is 2. The number of nitrogens with zero attached hydrogens (tertiary/aromatic N) is 4. The molecule has 1 N–H and O–H groups in total. The summed E-state index contributed by atoms with van der Waals surface area (Å²) in [5, 5.41) is 17.0. The van der Waals surface area contributed by atoms with E-state index in [-0.39, 0.29) is 17.3 Å². The third-order valence-electron chi connectivity index (χ3n) is 6.18. The third-order valence-corrected chi connectivity index (χ3v) is 7.38. The number of carbonyl (C=O) groups is 1. The van der Waals surface area contributed by atoms with E-state index in [9.17, 15) is 4.79 Å². The largest absolute Gasteiger partial charge is 0.497 e. The summed E-state index contributed by atoms with van der Waals surface area (Å²) in [6, 6.07) is 15.6. The highest BCUT2D eigenvalue weighted by molar-refractivity contribution is 8.27. The van der Waals surface area contributed by atoms with Crippen LogP contribution < -0.4 is 9.47 Å². The lowest BCUT2D eigenvalue weighted by Crippen LogP contribution is -2.35. The number of thioether (sulfide) groups is 1. The Morgan fingerprint density at radius 2 is 1.83 bits per heavy atom. The Bertz CT molecular complexity index is 1450. The predicted molar refractivity (Wildman–Crippen MR) is 145 cm³/mol. The minimum absolute atomic E-state index is 0.0484. The van der Waals surface area contributed by atoms with E-state index in [1.165, 1.54) is 16.8 Å². The smallest absolute Gasteiger partial charge is 0.283 e. The van der Waals surface area contributed by atoms with Gasteiger partial charge >= 0.3 is 0 Å². The molecule has 5 rings (SSSR count). The second-order valence-corrected chi connectivity index (χ2v) is 9.79. The highest BCUT2D eigenvalue weighted by Gasteiger charge is 2.36. The summed E-state index contributed by atoms with van der Waals surface area (Å²) in [6.07, 6.45) is 1.77. The number of hydrogen-bond acceptors (Lipinski definition) is 6. The summed E-state index contributed by atoms with van der Waals surface area (Å²) in [5.41, 5.74) is 3.14. The van der Waals surface area contributed by atoms with Crippen molar-refractivity contribution in [2.45, 2.75) is 27.3 Å². The van der Waals surface area contributed by atoms with E-state index >= 15 is 0 Å². The van der Waals surface area contributed by atoms with Crippen LogP contribution >= 0.6 is 11.8 Å². The van der Waals surface area contributed by atoms with E-state index in [0.29, 0.717) is 18.3 Å². The van der Waals surface area contributed by atoms with E-state index in [4.69, 9.17) is 14.9 Å². The maximum atomic E-state index is 12.9. The van der Waals surface area contributed by atoms with Crippen LogP contribution in [0.4, 0.5) is 0 Å². The summed E-state index contributed by atoms with van der Waals surface area (Å²) in [7, 11) is 1.64. The number of amidine groups is 2. The van der Waals surface area contributed by atoms with E-state index in [1.807, 2.05) is 63.2 Å². The molecular weight excluding hydrogens is 474 g/mol. The van der Waals surface area contributed by atoms with Crippen molar-refractivity contribution in [3.8, 4) is 11.5 Å². The van der Waals surface area contributed by atoms with Crippen LogP contribution in [0.1, 0.15) is 25.1 Å². The van der Waals surface area contributed by atoms with Gasteiger partial charge in [0.25, 0.3) is 5.91 Å². The molecule has 3 aromatic rings. The van der Waals surface area contributed by atoms with Gasteiger partial charge in [0.2, 0.25) is 5.17 Å². The van der Waals surface area contributed by atoms with Gasteiger partial charge in [-0.15, -0.1) is 0 Å². The number of carbonyl (C=O) groups excluding carboxylic acids is 1. The van der Waals surface area contributed by atoms with Gasteiger partial charge in [0.1, 0.15) is 23.1 Å². The summed E-state index contributed by atoms with van der Waals surface area (Å²) in [4.78, 5) is 17.2. The lowest BCUT2D eigenvalue weighted by Gasteiger charge is -2.20. The molecule has 0 saturated carbocycles. The molecule has 0 spiro atoms. The van der Waals surface area contributed by atoms with E-state index in [2.05, 4.69) is 20.7 Å². The van der Waals surface area contributed by atoms with E-state index in [0.717, 1.165) is 38.7 Å². The fourth-order valence-electron chi connectivity index (χ4n) is 4.24. The Kier molecular flexibility index (Phi) is 6.40.